The van der Waals surface area contributed by atoms with Gasteiger partial charge in [0.1, 0.15) is 5.82 Å². The van der Waals surface area contributed by atoms with E-state index in [0.29, 0.717) is 22.1 Å². The number of hydrogen-bond donors (Lipinski definition) is 1. The lowest BCUT2D eigenvalue weighted by molar-refractivity contribution is 1.29. The standard InChI is InChI=1S/C12H7BrClN3/c13-9-2-1-5-16-12(9)17-11-4-3-8(7-15)6-10(11)14/h1-6H,(H,16,17). The third-order valence-corrected chi connectivity index (χ3v) is 3.06. The topological polar surface area (TPSA) is 48.7 Å². The molecule has 0 bridgehead atoms. The van der Waals surface area contributed by atoms with Gasteiger partial charge in [-0.15, -0.1) is 0 Å². The fourth-order valence-electron chi connectivity index (χ4n) is 1.29. The Hall–Kier alpha value is -1.57. The average molecular weight is 309 g/mol. The second-order valence-corrected chi connectivity index (χ2v) is 4.53. The summed E-state index contributed by atoms with van der Waals surface area (Å²) in [4.78, 5) is 4.18. The zero-order chi connectivity index (χ0) is 12.3. The van der Waals surface area contributed by atoms with Crippen LogP contribution in [0.25, 0.3) is 0 Å². The molecule has 0 atom stereocenters. The van der Waals surface area contributed by atoms with Gasteiger partial charge in [-0.2, -0.15) is 5.26 Å². The average Bonchev–Trinajstić information content (AvgIpc) is 2.34. The summed E-state index contributed by atoms with van der Waals surface area (Å²) < 4.78 is 0.848. The molecule has 0 saturated carbocycles. The Morgan fingerprint density at radius 3 is 2.82 bits per heavy atom. The second kappa shape index (κ2) is 5.17. The van der Waals surface area contributed by atoms with Gasteiger partial charge in [0.2, 0.25) is 0 Å². The number of nitriles is 1. The number of benzene rings is 1. The van der Waals surface area contributed by atoms with Crippen molar-refractivity contribution in [3.63, 3.8) is 0 Å². The van der Waals surface area contributed by atoms with Gasteiger partial charge in [-0.1, -0.05) is 11.6 Å². The first-order valence-corrected chi connectivity index (χ1v) is 5.95. The molecule has 0 radical (unpaired) electrons. The van der Waals surface area contributed by atoms with Crippen molar-refractivity contribution < 1.29 is 0 Å². The lowest BCUT2D eigenvalue weighted by Crippen LogP contribution is -1.95. The first kappa shape index (κ1) is 11.9. The molecule has 0 saturated heterocycles. The predicted octanol–water partition coefficient (Wildman–Crippen LogP) is 4.11. The number of halogens is 2. The van der Waals surface area contributed by atoms with E-state index in [2.05, 4.69) is 26.2 Å². The van der Waals surface area contributed by atoms with Crippen LogP contribution in [0, 0.1) is 11.3 Å². The molecule has 84 valence electrons. The van der Waals surface area contributed by atoms with Gasteiger partial charge in [0.05, 0.1) is 26.8 Å². The SMILES string of the molecule is N#Cc1ccc(Nc2ncccc2Br)c(Cl)c1. The normalized spacial score (nSPS) is 9.71. The van der Waals surface area contributed by atoms with Gasteiger partial charge in [-0.05, 0) is 46.3 Å². The first-order chi connectivity index (χ1) is 8.20. The van der Waals surface area contributed by atoms with Gasteiger partial charge >= 0.3 is 0 Å². The maximum atomic E-state index is 8.74. The Morgan fingerprint density at radius 1 is 1.35 bits per heavy atom. The van der Waals surface area contributed by atoms with Crippen molar-refractivity contribution in [2.45, 2.75) is 0 Å². The fourth-order valence-corrected chi connectivity index (χ4v) is 1.87. The minimum absolute atomic E-state index is 0.488. The molecule has 1 aromatic carbocycles. The summed E-state index contributed by atoms with van der Waals surface area (Å²) in [6.45, 7) is 0. The van der Waals surface area contributed by atoms with E-state index in [9.17, 15) is 0 Å². The van der Waals surface area contributed by atoms with E-state index in [-0.39, 0.29) is 0 Å². The van der Waals surface area contributed by atoms with E-state index < -0.39 is 0 Å². The lowest BCUT2D eigenvalue weighted by Gasteiger charge is -2.08. The molecule has 0 aliphatic carbocycles. The molecule has 17 heavy (non-hydrogen) atoms. The predicted molar refractivity (Wildman–Crippen MR) is 71.4 cm³/mol. The van der Waals surface area contributed by atoms with E-state index in [1.807, 2.05) is 18.2 Å². The van der Waals surface area contributed by atoms with E-state index in [1.165, 1.54) is 0 Å². The van der Waals surface area contributed by atoms with Crippen molar-refractivity contribution in [1.29, 1.82) is 5.26 Å². The van der Waals surface area contributed by atoms with Gasteiger partial charge < -0.3 is 5.32 Å². The Morgan fingerprint density at radius 2 is 2.18 bits per heavy atom. The van der Waals surface area contributed by atoms with Crippen molar-refractivity contribution >= 4 is 39.0 Å². The molecule has 3 nitrogen and oxygen atoms in total. The zero-order valence-corrected chi connectivity index (χ0v) is 11.0. The number of pyridine rings is 1. The van der Waals surface area contributed by atoms with Crippen LogP contribution in [0.5, 0.6) is 0 Å². The highest BCUT2D eigenvalue weighted by Gasteiger charge is 2.05. The second-order valence-electron chi connectivity index (χ2n) is 3.27. The van der Waals surface area contributed by atoms with Crippen LogP contribution in [0.3, 0.4) is 0 Å². The summed E-state index contributed by atoms with van der Waals surface area (Å²) in [7, 11) is 0. The molecule has 1 N–H and O–H groups in total. The van der Waals surface area contributed by atoms with Crippen LogP contribution in [0.1, 0.15) is 5.56 Å². The fraction of sp³-hybridized carbons (Fsp3) is 0. The van der Waals surface area contributed by atoms with Crippen LogP contribution in [-0.2, 0) is 0 Å². The summed E-state index contributed by atoms with van der Waals surface area (Å²) in [6.07, 6.45) is 1.69. The van der Waals surface area contributed by atoms with E-state index in [4.69, 9.17) is 16.9 Å². The summed E-state index contributed by atoms with van der Waals surface area (Å²) in [5.74, 6) is 0.680. The van der Waals surface area contributed by atoms with Crippen LogP contribution in [0.15, 0.2) is 41.0 Å². The van der Waals surface area contributed by atoms with Crippen molar-refractivity contribution in [2.75, 3.05) is 5.32 Å². The van der Waals surface area contributed by atoms with Crippen molar-refractivity contribution in [2.24, 2.45) is 0 Å². The number of hydrogen-bond acceptors (Lipinski definition) is 3. The number of rotatable bonds is 2. The van der Waals surface area contributed by atoms with Crippen LogP contribution in [-0.4, -0.2) is 4.98 Å². The van der Waals surface area contributed by atoms with Crippen molar-refractivity contribution in [3.05, 3.63) is 51.6 Å². The van der Waals surface area contributed by atoms with Crippen LogP contribution in [0.4, 0.5) is 11.5 Å². The molecule has 1 heterocycles. The lowest BCUT2D eigenvalue weighted by atomic mass is 10.2. The van der Waals surface area contributed by atoms with Gasteiger partial charge in [0.15, 0.2) is 0 Å². The van der Waals surface area contributed by atoms with Crippen LogP contribution in [0.2, 0.25) is 5.02 Å². The Bertz CT molecular complexity index is 593. The van der Waals surface area contributed by atoms with Crippen LogP contribution < -0.4 is 5.32 Å². The van der Waals surface area contributed by atoms with E-state index in [0.717, 1.165) is 4.47 Å². The number of aromatic nitrogens is 1. The third kappa shape index (κ3) is 2.76. The van der Waals surface area contributed by atoms with Gasteiger partial charge in [0.25, 0.3) is 0 Å². The molecular formula is C12H7BrClN3. The number of nitrogens with one attached hydrogen (secondary N) is 1. The van der Waals surface area contributed by atoms with Crippen LogP contribution >= 0.6 is 27.5 Å². The largest absolute Gasteiger partial charge is 0.338 e. The maximum absolute atomic E-state index is 8.74. The molecule has 0 unspecified atom stereocenters. The molecule has 2 rings (SSSR count). The van der Waals surface area contributed by atoms with Gasteiger partial charge in [-0.3, -0.25) is 0 Å². The van der Waals surface area contributed by atoms with E-state index >= 15 is 0 Å². The Balaban J connectivity index is 2.32. The van der Waals surface area contributed by atoms with Gasteiger partial charge in [-0.25, -0.2) is 4.98 Å². The summed E-state index contributed by atoms with van der Waals surface area (Å²) >= 11 is 9.44. The highest BCUT2D eigenvalue weighted by Crippen LogP contribution is 2.28. The zero-order valence-electron chi connectivity index (χ0n) is 8.61. The summed E-state index contributed by atoms with van der Waals surface area (Å²) in [5.41, 5.74) is 1.24. The quantitative estimate of drug-likeness (QED) is 0.908. The summed E-state index contributed by atoms with van der Waals surface area (Å²) in [6, 6.07) is 10.8. The molecule has 0 aliphatic rings. The minimum atomic E-state index is 0.488. The number of nitrogens with zero attached hydrogens (tertiary/aromatic N) is 2. The van der Waals surface area contributed by atoms with Crippen molar-refractivity contribution in [3.8, 4) is 6.07 Å². The monoisotopic (exact) mass is 307 g/mol. The smallest absolute Gasteiger partial charge is 0.144 e. The molecule has 0 spiro atoms. The molecule has 0 fully saturated rings. The molecular weight excluding hydrogens is 302 g/mol. The Kier molecular flexibility index (Phi) is 3.62. The molecule has 0 aliphatic heterocycles. The Labute approximate surface area is 112 Å². The highest BCUT2D eigenvalue weighted by molar-refractivity contribution is 9.10. The first-order valence-electron chi connectivity index (χ1n) is 4.78. The third-order valence-electron chi connectivity index (χ3n) is 2.11. The highest BCUT2D eigenvalue weighted by atomic mass is 79.9. The molecule has 1 aromatic heterocycles. The van der Waals surface area contributed by atoms with E-state index in [1.54, 1.807) is 24.4 Å². The molecule has 2 aromatic rings. The molecule has 5 heteroatoms. The maximum Gasteiger partial charge on any atom is 0.144 e. The number of anilines is 2. The minimum Gasteiger partial charge on any atom is -0.338 e. The van der Waals surface area contributed by atoms with Gasteiger partial charge in [0, 0.05) is 6.20 Å². The summed E-state index contributed by atoms with van der Waals surface area (Å²) in [5, 5.41) is 12.3. The van der Waals surface area contributed by atoms with Crippen molar-refractivity contribution in [1.82, 2.24) is 4.98 Å². The molecule has 0 amide bonds.